The summed E-state index contributed by atoms with van der Waals surface area (Å²) >= 11 is 0. The maximum atomic E-state index is 12.2. The van der Waals surface area contributed by atoms with Gasteiger partial charge in [0.15, 0.2) is 0 Å². The van der Waals surface area contributed by atoms with Gasteiger partial charge in [-0.3, -0.25) is 9.69 Å². The summed E-state index contributed by atoms with van der Waals surface area (Å²) in [6, 6.07) is 0.317. The number of amides is 1. The molecule has 3 fully saturated rings. The summed E-state index contributed by atoms with van der Waals surface area (Å²) in [6.07, 6.45) is 7.99. The van der Waals surface area contributed by atoms with Gasteiger partial charge in [-0.25, -0.2) is 0 Å². The normalized spacial score (nSPS) is 32.0. The lowest BCUT2D eigenvalue weighted by molar-refractivity contribution is -0.140. The number of hydrogen-bond donors (Lipinski definition) is 1. The highest BCUT2D eigenvalue weighted by molar-refractivity contribution is 5.77. The second kappa shape index (κ2) is 7.07. The van der Waals surface area contributed by atoms with Gasteiger partial charge < -0.3 is 14.7 Å². The Morgan fingerprint density at radius 3 is 2.33 bits per heavy atom. The van der Waals surface area contributed by atoms with Crippen molar-refractivity contribution in [2.24, 2.45) is 0 Å². The van der Waals surface area contributed by atoms with E-state index in [0.29, 0.717) is 12.1 Å². The molecule has 1 saturated heterocycles. The Hall–Kier alpha value is -0.650. The van der Waals surface area contributed by atoms with Crippen LogP contribution < -0.4 is 0 Å². The molecule has 21 heavy (non-hydrogen) atoms. The zero-order valence-corrected chi connectivity index (χ0v) is 12.9. The molecule has 0 aromatic rings. The molecule has 0 spiro atoms. The number of ether oxygens (including phenoxy) is 1. The largest absolute Gasteiger partial charge is 0.391 e. The predicted octanol–water partition coefficient (Wildman–Crippen LogP) is 1.00. The van der Waals surface area contributed by atoms with Crippen LogP contribution in [0.25, 0.3) is 0 Å². The van der Waals surface area contributed by atoms with E-state index in [-0.39, 0.29) is 18.6 Å². The lowest BCUT2D eigenvalue weighted by Gasteiger charge is -2.39. The molecule has 2 atom stereocenters. The fourth-order valence-corrected chi connectivity index (χ4v) is 3.99. The van der Waals surface area contributed by atoms with Crippen molar-refractivity contribution in [1.29, 1.82) is 0 Å². The van der Waals surface area contributed by atoms with Crippen LogP contribution in [0, 0.1) is 0 Å². The summed E-state index contributed by atoms with van der Waals surface area (Å²) < 4.78 is 5.72. The lowest BCUT2D eigenvalue weighted by atomic mass is 10.1. The quantitative estimate of drug-likeness (QED) is 0.841. The zero-order chi connectivity index (χ0) is 14.7. The van der Waals surface area contributed by atoms with E-state index >= 15 is 0 Å². The number of aliphatic hydroxyl groups is 1. The van der Waals surface area contributed by atoms with Crippen LogP contribution in [0.3, 0.4) is 0 Å². The van der Waals surface area contributed by atoms with Crippen LogP contribution in [-0.4, -0.2) is 71.8 Å². The number of aliphatic hydroxyl groups excluding tert-OH is 1. The molecule has 3 rings (SSSR count). The van der Waals surface area contributed by atoms with Crippen LogP contribution in [-0.2, 0) is 9.53 Å². The van der Waals surface area contributed by atoms with Crippen molar-refractivity contribution in [1.82, 2.24) is 9.80 Å². The first-order chi connectivity index (χ1) is 10.2. The van der Waals surface area contributed by atoms with Crippen molar-refractivity contribution in [3.8, 4) is 0 Å². The average molecular weight is 296 g/mol. The number of hydrogen-bond acceptors (Lipinski definition) is 4. The molecule has 1 N–H and O–H groups in total. The van der Waals surface area contributed by atoms with Gasteiger partial charge in [-0.15, -0.1) is 0 Å². The van der Waals surface area contributed by atoms with E-state index in [9.17, 15) is 9.90 Å². The Morgan fingerprint density at radius 2 is 1.71 bits per heavy atom. The molecular weight excluding hydrogens is 268 g/mol. The minimum atomic E-state index is -0.169. The molecule has 1 amide bonds. The van der Waals surface area contributed by atoms with Gasteiger partial charge >= 0.3 is 0 Å². The highest BCUT2D eigenvalue weighted by Gasteiger charge is 2.33. The minimum Gasteiger partial charge on any atom is -0.391 e. The molecule has 0 aromatic heterocycles. The SMILES string of the molecule is O=C(COC1CCCC1)N1CCN([C@H]2CCC[C@H]2O)CC1. The first-order valence-electron chi connectivity index (χ1n) is 8.55. The summed E-state index contributed by atoms with van der Waals surface area (Å²) in [5.41, 5.74) is 0. The molecule has 0 radical (unpaired) electrons. The number of piperazine rings is 1. The highest BCUT2D eigenvalue weighted by Crippen LogP contribution is 2.25. The van der Waals surface area contributed by atoms with Crippen molar-refractivity contribution in [3.63, 3.8) is 0 Å². The Bertz CT molecular complexity index is 349. The summed E-state index contributed by atoms with van der Waals surface area (Å²) in [5, 5.41) is 9.98. The molecule has 5 heteroatoms. The molecule has 2 aliphatic carbocycles. The van der Waals surface area contributed by atoms with Gasteiger partial charge in [0.1, 0.15) is 6.61 Å². The topological polar surface area (TPSA) is 53.0 Å². The van der Waals surface area contributed by atoms with Crippen LogP contribution in [0.1, 0.15) is 44.9 Å². The lowest BCUT2D eigenvalue weighted by Crippen LogP contribution is -2.54. The molecule has 5 nitrogen and oxygen atoms in total. The second-order valence-electron chi connectivity index (χ2n) is 6.70. The van der Waals surface area contributed by atoms with E-state index in [4.69, 9.17) is 4.74 Å². The van der Waals surface area contributed by atoms with E-state index in [1.54, 1.807) is 0 Å². The number of rotatable bonds is 4. The molecular formula is C16H28N2O3. The predicted molar refractivity (Wildman–Crippen MR) is 80.0 cm³/mol. The third-order valence-corrected chi connectivity index (χ3v) is 5.32. The zero-order valence-electron chi connectivity index (χ0n) is 12.9. The van der Waals surface area contributed by atoms with Gasteiger partial charge in [0, 0.05) is 32.2 Å². The van der Waals surface area contributed by atoms with Crippen molar-refractivity contribution in [3.05, 3.63) is 0 Å². The summed E-state index contributed by atoms with van der Waals surface area (Å²) in [4.78, 5) is 16.5. The molecule has 3 aliphatic rings. The molecule has 0 bridgehead atoms. The Kier molecular flexibility index (Phi) is 5.14. The van der Waals surface area contributed by atoms with Crippen LogP contribution in [0.5, 0.6) is 0 Å². The monoisotopic (exact) mass is 296 g/mol. The molecule has 120 valence electrons. The van der Waals surface area contributed by atoms with Gasteiger partial charge in [0.2, 0.25) is 5.91 Å². The van der Waals surface area contributed by atoms with Crippen LogP contribution in [0.2, 0.25) is 0 Å². The fraction of sp³-hybridized carbons (Fsp3) is 0.938. The maximum Gasteiger partial charge on any atom is 0.248 e. The Morgan fingerprint density at radius 1 is 1.00 bits per heavy atom. The van der Waals surface area contributed by atoms with Gasteiger partial charge in [-0.05, 0) is 32.1 Å². The number of carbonyl (C=O) groups excluding carboxylic acids is 1. The maximum absolute atomic E-state index is 12.2. The van der Waals surface area contributed by atoms with Gasteiger partial charge in [-0.1, -0.05) is 12.8 Å². The molecule has 2 saturated carbocycles. The first kappa shape index (κ1) is 15.3. The van der Waals surface area contributed by atoms with E-state index in [1.165, 1.54) is 12.8 Å². The highest BCUT2D eigenvalue weighted by atomic mass is 16.5. The summed E-state index contributed by atoms with van der Waals surface area (Å²) in [6.45, 7) is 3.57. The molecule has 1 heterocycles. The second-order valence-corrected chi connectivity index (χ2v) is 6.70. The van der Waals surface area contributed by atoms with E-state index in [1.807, 2.05) is 4.90 Å². The van der Waals surface area contributed by atoms with E-state index in [2.05, 4.69) is 4.90 Å². The molecule has 0 aromatic carbocycles. The summed E-state index contributed by atoms with van der Waals surface area (Å²) in [7, 11) is 0. The van der Waals surface area contributed by atoms with E-state index in [0.717, 1.165) is 58.3 Å². The fourth-order valence-electron chi connectivity index (χ4n) is 3.99. The third-order valence-electron chi connectivity index (χ3n) is 5.32. The Labute approximate surface area is 127 Å². The van der Waals surface area contributed by atoms with E-state index < -0.39 is 0 Å². The summed E-state index contributed by atoms with van der Waals surface area (Å²) in [5.74, 6) is 0.133. The average Bonchev–Trinajstić information content (AvgIpc) is 3.16. The van der Waals surface area contributed by atoms with Gasteiger partial charge in [0.25, 0.3) is 0 Å². The van der Waals surface area contributed by atoms with Crippen molar-refractivity contribution < 1.29 is 14.6 Å². The first-order valence-corrected chi connectivity index (χ1v) is 8.55. The Balaban J connectivity index is 1.39. The van der Waals surface area contributed by atoms with Crippen molar-refractivity contribution in [2.45, 2.75) is 63.2 Å². The minimum absolute atomic E-state index is 0.133. The standard InChI is InChI=1S/C16H28N2O3/c19-15-7-3-6-14(15)17-8-10-18(11-9-17)16(20)12-21-13-4-1-2-5-13/h13-15,19H,1-12H2/t14-,15+/m0/s1. The van der Waals surface area contributed by atoms with Crippen LogP contribution in [0.4, 0.5) is 0 Å². The van der Waals surface area contributed by atoms with Gasteiger partial charge in [0.05, 0.1) is 12.2 Å². The van der Waals surface area contributed by atoms with Crippen LogP contribution in [0.15, 0.2) is 0 Å². The van der Waals surface area contributed by atoms with Crippen LogP contribution >= 0.6 is 0 Å². The third kappa shape index (κ3) is 3.76. The van der Waals surface area contributed by atoms with Crippen molar-refractivity contribution >= 4 is 5.91 Å². The molecule has 0 unspecified atom stereocenters. The number of nitrogens with zero attached hydrogens (tertiary/aromatic N) is 2. The van der Waals surface area contributed by atoms with Crippen molar-refractivity contribution in [2.75, 3.05) is 32.8 Å². The number of carbonyl (C=O) groups is 1. The molecule has 1 aliphatic heterocycles. The smallest absolute Gasteiger partial charge is 0.248 e. The van der Waals surface area contributed by atoms with Gasteiger partial charge in [-0.2, -0.15) is 0 Å².